The predicted molar refractivity (Wildman–Crippen MR) is 67.4 cm³/mol. The fraction of sp³-hybridized carbons (Fsp3) is 0.600. The summed E-state index contributed by atoms with van der Waals surface area (Å²) in [6, 6.07) is 10.3. The molecule has 0 heterocycles. The third-order valence-electron chi connectivity index (χ3n) is 4.33. The summed E-state index contributed by atoms with van der Waals surface area (Å²) < 4.78 is 0. The Morgan fingerprint density at radius 1 is 1.12 bits per heavy atom. The zero-order chi connectivity index (χ0) is 11.1. The number of hydrogen-bond donors (Lipinski definition) is 1. The van der Waals surface area contributed by atoms with Crippen LogP contribution in [0.5, 0.6) is 0 Å². The molecule has 1 aromatic carbocycles. The fourth-order valence-corrected chi connectivity index (χ4v) is 2.96. The van der Waals surface area contributed by atoms with Crippen LogP contribution >= 0.6 is 0 Å². The van der Waals surface area contributed by atoms with Gasteiger partial charge in [-0.15, -0.1) is 0 Å². The lowest BCUT2D eigenvalue weighted by Crippen LogP contribution is -2.33. The predicted octanol–water partition coefficient (Wildman–Crippen LogP) is 3.31. The van der Waals surface area contributed by atoms with E-state index in [1.54, 1.807) is 11.1 Å². The summed E-state index contributed by atoms with van der Waals surface area (Å²) in [6.45, 7) is 4.73. The first-order valence-corrected chi connectivity index (χ1v) is 6.59. The van der Waals surface area contributed by atoms with Crippen LogP contribution in [-0.4, -0.2) is 6.04 Å². The van der Waals surface area contributed by atoms with Crippen molar-refractivity contribution in [3.05, 3.63) is 35.4 Å². The SMILES string of the molecule is CC1CC1NC1c2ccccc2CCC1C. The van der Waals surface area contributed by atoms with E-state index in [1.165, 1.54) is 19.3 Å². The van der Waals surface area contributed by atoms with Crippen LogP contribution in [0, 0.1) is 11.8 Å². The van der Waals surface area contributed by atoms with E-state index >= 15 is 0 Å². The number of benzene rings is 1. The number of fused-ring (bicyclic) bond motifs is 1. The zero-order valence-corrected chi connectivity index (χ0v) is 10.2. The third-order valence-corrected chi connectivity index (χ3v) is 4.33. The van der Waals surface area contributed by atoms with E-state index in [0.29, 0.717) is 6.04 Å². The fourth-order valence-electron chi connectivity index (χ4n) is 2.96. The maximum absolute atomic E-state index is 3.85. The van der Waals surface area contributed by atoms with E-state index in [9.17, 15) is 0 Å². The highest BCUT2D eigenvalue weighted by atomic mass is 15.0. The second-order valence-corrected chi connectivity index (χ2v) is 5.68. The maximum atomic E-state index is 3.85. The molecule has 0 saturated heterocycles. The highest BCUT2D eigenvalue weighted by molar-refractivity contribution is 5.33. The second-order valence-electron chi connectivity index (χ2n) is 5.68. The van der Waals surface area contributed by atoms with E-state index in [0.717, 1.165) is 17.9 Å². The number of aryl methyl sites for hydroxylation is 1. The zero-order valence-electron chi connectivity index (χ0n) is 10.2. The second kappa shape index (κ2) is 3.89. The van der Waals surface area contributed by atoms with Gasteiger partial charge in [0.05, 0.1) is 0 Å². The van der Waals surface area contributed by atoms with Crippen molar-refractivity contribution in [1.29, 1.82) is 0 Å². The van der Waals surface area contributed by atoms with Gasteiger partial charge in [0.2, 0.25) is 0 Å². The topological polar surface area (TPSA) is 12.0 Å². The highest BCUT2D eigenvalue weighted by Gasteiger charge is 2.37. The first kappa shape index (κ1) is 10.3. The van der Waals surface area contributed by atoms with Crippen molar-refractivity contribution in [1.82, 2.24) is 5.32 Å². The van der Waals surface area contributed by atoms with Crippen molar-refractivity contribution < 1.29 is 0 Å². The molecule has 0 spiro atoms. The van der Waals surface area contributed by atoms with Crippen molar-refractivity contribution in [3.63, 3.8) is 0 Å². The molecule has 0 radical (unpaired) electrons. The molecule has 1 nitrogen and oxygen atoms in total. The Morgan fingerprint density at radius 3 is 2.62 bits per heavy atom. The Hall–Kier alpha value is -0.820. The standard InChI is InChI=1S/C15H21N/c1-10-7-8-12-5-3-4-6-13(12)15(10)16-14-9-11(14)2/h3-6,10-11,14-16H,7-9H2,1-2H3. The van der Waals surface area contributed by atoms with Gasteiger partial charge in [-0.05, 0) is 42.2 Å². The summed E-state index contributed by atoms with van der Waals surface area (Å²) in [5, 5.41) is 3.85. The lowest BCUT2D eigenvalue weighted by molar-refractivity contribution is 0.338. The summed E-state index contributed by atoms with van der Waals surface area (Å²) in [5.41, 5.74) is 3.12. The van der Waals surface area contributed by atoms with Gasteiger partial charge in [-0.2, -0.15) is 0 Å². The third kappa shape index (κ3) is 1.78. The summed E-state index contributed by atoms with van der Waals surface area (Å²) in [5.74, 6) is 1.67. The van der Waals surface area contributed by atoms with Gasteiger partial charge < -0.3 is 5.32 Å². The molecule has 4 unspecified atom stereocenters. The van der Waals surface area contributed by atoms with E-state index < -0.39 is 0 Å². The molecule has 0 aromatic heterocycles. The number of rotatable bonds is 2. The summed E-state index contributed by atoms with van der Waals surface area (Å²) >= 11 is 0. The molecule has 86 valence electrons. The smallest absolute Gasteiger partial charge is 0.0351 e. The lowest BCUT2D eigenvalue weighted by atomic mass is 9.80. The Kier molecular flexibility index (Phi) is 2.51. The van der Waals surface area contributed by atoms with Crippen molar-refractivity contribution in [2.75, 3.05) is 0 Å². The molecule has 2 aliphatic carbocycles. The first-order valence-electron chi connectivity index (χ1n) is 6.59. The number of hydrogen-bond acceptors (Lipinski definition) is 1. The highest BCUT2D eigenvalue weighted by Crippen LogP contribution is 2.38. The van der Waals surface area contributed by atoms with E-state index in [-0.39, 0.29) is 0 Å². The molecule has 2 aliphatic rings. The van der Waals surface area contributed by atoms with Crippen molar-refractivity contribution in [3.8, 4) is 0 Å². The van der Waals surface area contributed by atoms with Crippen LogP contribution < -0.4 is 5.32 Å². The van der Waals surface area contributed by atoms with Gasteiger partial charge in [0.15, 0.2) is 0 Å². The molecular formula is C15H21N. The molecule has 1 heteroatoms. The van der Waals surface area contributed by atoms with E-state index in [2.05, 4.69) is 43.4 Å². The molecule has 1 aromatic rings. The molecule has 0 bridgehead atoms. The van der Waals surface area contributed by atoms with Crippen LogP contribution in [0.3, 0.4) is 0 Å². The molecule has 0 aliphatic heterocycles. The molecule has 1 saturated carbocycles. The minimum Gasteiger partial charge on any atom is -0.307 e. The van der Waals surface area contributed by atoms with Crippen LogP contribution in [0.2, 0.25) is 0 Å². The first-order chi connectivity index (χ1) is 7.75. The van der Waals surface area contributed by atoms with Gasteiger partial charge >= 0.3 is 0 Å². The van der Waals surface area contributed by atoms with Crippen LogP contribution in [-0.2, 0) is 6.42 Å². The molecule has 3 rings (SSSR count). The van der Waals surface area contributed by atoms with Crippen molar-refractivity contribution in [2.24, 2.45) is 11.8 Å². The van der Waals surface area contributed by atoms with Crippen LogP contribution in [0.1, 0.15) is 43.9 Å². The lowest BCUT2D eigenvalue weighted by Gasteiger charge is -2.32. The Balaban J connectivity index is 1.85. The quantitative estimate of drug-likeness (QED) is 0.798. The Morgan fingerprint density at radius 2 is 1.88 bits per heavy atom. The van der Waals surface area contributed by atoms with Gasteiger partial charge in [-0.3, -0.25) is 0 Å². The Bertz CT molecular complexity index is 385. The monoisotopic (exact) mass is 215 g/mol. The van der Waals surface area contributed by atoms with Crippen molar-refractivity contribution >= 4 is 0 Å². The molecule has 1 N–H and O–H groups in total. The average molecular weight is 215 g/mol. The van der Waals surface area contributed by atoms with Gasteiger partial charge in [0, 0.05) is 12.1 Å². The van der Waals surface area contributed by atoms with Gasteiger partial charge in [0.1, 0.15) is 0 Å². The van der Waals surface area contributed by atoms with Crippen LogP contribution in [0.25, 0.3) is 0 Å². The summed E-state index contributed by atoms with van der Waals surface area (Å²) in [4.78, 5) is 0. The van der Waals surface area contributed by atoms with Gasteiger partial charge in [-0.25, -0.2) is 0 Å². The average Bonchev–Trinajstić information content (AvgIpc) is 2.99. The van der Waals surface area contributed by atoms with E-state index in [1.807, 2.05) is 0 Å². The number of nitrogens with one attached hydrogen (secondary N) is 1. The molecule has 0 amide bonds. The van der Waals surface area contributed by atoms with Gasteiger partial charge in [0.25, 0.3) is 0 Å². The van der Waals surface area contributed by atoms with Crippen LogP contribution in [0.15, 0.2) is 24.3 Å². The summed E-state index contributed by atoms with van der Waals surface area (Å²) in [7, 11) is 0. The minimum atomic E-state index is 0.597. The molecule has 4 atom stereocenters. The normalized spacial score (nSPS) is 36.9. The van der Waals surface area contributed by atoms with Crippen molar-refractivity contribution in [2.45, 2.75) is 45.2 Å². The maximum Gasteiger partial charge on any atom is 0.0351 e. The Labute approximate surface area is 98.3 Å². The van der Waals surface area contributed by atoms with Crippen LogP contribution in [0.4, 0.5) is 0 Å². The molecular weight excluding hydrogens is 194 g/mol. The minimum absolute atomic E-state index is 0.597. The molecule has 1 fully saturated rings. The summed E-state index contributed by atoms with van der Waals surface area (Å²) in [6.07, 6.45) is 3.96. The molecule has 16 heavy (non-hydrogen) atoms. The largest absolute Gasteiger partial charge is 0.307 e. The van der Waals surface area contributed by atoms with Gasteiger partial charge in [-0.1, -0.05) is 38.1 Å². The van der Waals surface area contributed by atoms with E-state index in [4.69, 9.17) is 0 Å².